The van der Waals surface area contributed by atoms with Gasteiger partial charge in [-0.2, -0.15) is 0 Å². The number of rotatable bonds is 6. The highest BCUT2D eigenvalue weighted by atomic mass is 32.2. The Morgan fingerprint density at radius 1 is 1.16 bits per heavy atom. The van der Waals surface area contributed by atoms with E-state index in [2.05, 4.69) is 20.3 Å². The van der Waals surface area contributed by atoms with Crippen molar-refractivity contribution in [3.63, 3.8) is 0 Å². The summed E-state index contributed by atoms with van der Waals surface area (Å²) in [5.41, 5.74) is -1.07. The number of allylic oxidation sites excluding steroid dienone is 3. The highest BCUT2D eigenvalue weighted by Crippen LogP contribution is 2.47. The minimum Gasteiger partial charge on any atom is -0.468 e. The Hall–Kier alpha value is -3.72. The van der Waals surface area contributed by atoms with Crippen LogP contribution >= 0.6 is 11.8 Å². The van der Waals surface area contributed by atoms with Crippen molar-refractivity contribution in [1.29, 1.82) is 0 Å². The summed E-state index contributed by atoms with van der Waals surface area (Å²) < 4.78 is 61.6. The molecule has 268 valence electrons. The zero-order chi connectivity index (χ0) is 35.3. The first-order valence-corrected chi connectivity index (χ1v) is 19.6. The summed E-state index contributed by atoms with van der Waals surface area (Å²) in [4.78, 5) is 48.4. The topological polar surface area (TPSA) is 146 Å². The summed E-state index contributed by atoms with van der Waals surface area (Å²) in [6.45, 7) is 1.61. The summed E-state index contributed by atoms with van der Waals surface area (Å²) in [6, 6.07) is 3.69. The summed E-state index contributed by atoms with van der Waals surface area (Å²) in [5.74, 6) is -3.02. The molecular weight excluding hydrogens is 689 g/mol. The van der Waals surface area contributed by atoms with Crippen molar-refractivity contribution in [2.24, 2.45) is 10.9 Å². The van der Waals surface area contributed by atoms with Crippen molar-refractivity contribution in [2.75, 3.05) is 11.9 Å². The molecule has 3 aliphatic heterocycles. The molecule has 7 atom stereocenters. The van der Waals surface area contributed by atoms with Gasteiger partial charge in [0.15, 0.2) is 0 Å². The second-order valence-electron chi connectivity index (χ2n) is 14.3. The Kier molecular flexibility index (Phi) is 9.33. The quantitative estimate of drug-likeness (QED) is 0.369. The van der Waals surface area contributed by atoms with Crippen LogP contribution in [0.1, 0.15) is 64.7 Å². The lowest BCUT2D eigenvalue weighted by atomic mass is 10.0. The van der Waals surface area contributed by atoms with Crippen molar-refractivity contribution in [1.82, 2.24) is 14.9 Å². The van der Waals surface area contributed by atoms with Crippen LogP contribution in [-0.2, 0) is 29.1 Å². The summed E-state index contributed by atoms with van der Waals surface area (Å²) in [7, 11) is -3.97. The molecule has 3 aliphatic carbocycles. The third-order valence-corrected chi connectivity index (χ3v) is 13.8. The fourth-order valence-corrected chi connectivity index (χ4v) is 9.43. The van der Waals surface area contributed by atoms with E-state index in [0.29, 0.717) is 43.0 Å². The second kappa shape index (κ2) is 13.4. The lowest BCUT2D eigenvalue weighted by Crippen LogP contribution is -2.58. The van der Waals surface area contributed by atoms with Gasteiger partial charge in [0.05, 0.1) is 22.6 Å². The van der Waals surface area contributed by atoms with Gasteiger partial charge in [-0.15, -0.1) is 0 Å². The molecule has 2 unspecified atom stereocenters. The number of nitrogens with one attached hydrogen (secondary N) is 3. The van der Waals surface area contributed by atoms with Crippen LogP contribution < -0.4 is 15.4 Å². The van der Waals surface area contributed by atoms with Gasteiger partial charge in [0.1, 0.15) is 35.4 Å². The van der Waals surface area contributed by atoms with Crippen LogP contribution in [0.4, 0.5) is 14.5 Å². The van der Waals surface area contributed by atoms with E-state index in [1.165, 1.54) is 40.9 Å². The molecule has 3 N–H and O–H groups in total. The number of amides is 3. The predicted octanol–water partition coefficient (Wildman–Crippen LogP) is 4.25. The molecule has 0 bridgehead atoms. The number of hydrogen-bond acceptors (Lipinski definition) is 9. The van der Waals surface area contributed by atoms with Crippen molar-refractivity contribution in [3.8, 4) is 0 Å². The molecule has 15 heteroatoms. The molecule has 3 fully saturated rings. The Balaban J connectivity index is 1.16. The molecular formula is C35H41F2N5O6S2. The molecule has 6 aliphatic rings. The van der Waals surface area contributed by atoms with Gasteiger partial charge < -0.3 is 20.3 Å². The molecule has 3 heterocycles. The first-order chi connectivity index (χ1) is 23.9. The number of anilines is 1. The number of aliphatic imine (C=N–C) groups is 1. The molecule has 2 saturated carbocycles. The zero-order valence-corrected chi connectivity index (χ0v) is 29.3. The van der Waals surface area contributed by atoms with Gasteiger partial charge in [-0.05, 0) is 75.8 Å². The molecule has 50 heavy (non-hydrogen) atoms. The monoisotopic (exact) mass is 729 g/mol. The van der Waals surface area contributed by atoms with E-state index in [-0.39, 0.29) is 42.4 Å². The van der Waals surface area contributed by atoms with Gasteiger partial charge in [-0.3, -0.25) is 19.1 Å². The van der Waals surface area contributed by atoms with Crippen LogP contribution in [0, 0.1) is 11.7 Å². The molecule has 0 spiro atoms. The van der Waals surface area contributed by atoms with Gasteiger partial charge >= 0.3 is 0 Å². The Morgan fingerprint density at radius 3 is 2.76 bits per heavy atom. The van der Waals surface area contributed by atoms with Crippen LogP contribution in [-0.4, -0.2) is 82.6 Å². The van der Waals surface area contributed by atoms with E-state index in [4.69, 9.17) is 4.74 Å². The van der Waals surface area contributed by atoms with Crippen LogP contribution in [0.5, 0.6) is 0 Å². The van der Waals surface area contributed by atoms with Crippen LogP contribution in [0.3, 0.4) is 0 Å². The lowest BCUT2D eigenvalue weighted by Gasteiger charge is -2.30. The van der Waals surface area contributed by atoms with Crippen molar-refractivity contribution in [3.05, 3.63) is 66.3 Å². The Morgan fingerprint density at radius 2 is 1.98 bits per heavy atom. The molecule has 7 rings (SSSR count). The number of hydrogen-bond donors (Lipinski definition) is 3. The number of sulfonamides is 1. The average Bonchev–Trinajstić information content (AvgIpc) is 3.88. The maximum atomic E-state index is 14.4. The van der Waals surface area contributed by atoms with Gasteiger partial charge in [0.25, 0.3) is 5.91 Å². The van der Waals surface area contributed by atoms with E-state index in [1.807, 2.05) is 12.2 Å². The van der Waals surface area contributed by atoms with E-state index >= 15 is 0 Å². The highest BCUT2D eigenvalue weighted by Gasteiger charge is 2.63. The first kappa shape index (κ1) is 34.7. The highest BCUT2D eigenvalue weighted by molar-refractivity contribution is 8.14. The van der Waals surface area contributed by atoms with Crippen LogP contribution in [0.2, 0.25) is 0 Å². The normalized spacial score (nSPS) is 34.0. The Bertz CT molecular complexity index is 1800. The fourth-order valence-electron chi connectivity index (χ4n) is 7.03. The van der Waals surface area contributed by atoms with E-state index in [9.17, 15) is 31.6 Å². The molecule has 3 amide bonds. The summed E-state index contributed by atoms with van der Waals surface area (Å²) in [5, 5.41) is 6.12. The smallest absolute Gasteiger partial charge is 0.259 e. The summed E-state index contributed by atoms with van der Waals surface area (Å²) in [6.07, 6.45) is 12.3. The first-order valence-electron chi connectivity index (χ1n) is 17.2. The van der Waals surface area contributed by atoms with Crippen molar-refractivity contribution >= 4 is 50.4 Å². The van der Waals surface area contributed by atoms with Gasteiger partial charge in [0, 0.05) is 18.0 Å². The molecule has 1 aromatic rings. The second-order valence-corrected chi connectivity index (χ2v) is 17.6. The number of benzene rings is 1. The number of nitrogens with zero attached hydrogens (tertiary/aromatic N) is 2. The molecule has 1 aromatic carbocycles. The van der Waals surface area contributed by atoms with Crippen LogP contribution in [0.25, 0.3) is 0 Å². The number of ether oxygens (including phenoxy) is 1. The number of carbonyl (C=O) groups is 3. The van der Waals surface area contributed by atoms with Crippen molar-refractivity contribution in [2.45, 2.75) is 104 Å². The zero-order valence-electron chi connectivity index (χ0n) is 27.6. The lowest BCUT2D eigenvalue weighted by molar-refractivity contribution is -0.140. The molecule has 1 saturated heterocycles. The van der Waals surface area contributed by atoms with E-state index in [1.54, 1.807) is 25.1 Å². The van der Waals surface area contributed by atoms with E-state index < -0.39 is 62.0 Å². The average molecular weight is 730 g/mol. The van der Waals surface area contributed by atoms with Crippen LogP contribution in [0.15, 0.2) is 65.5 Å². The maximum absolute atomic E-state index is 14.4. The largest absolute Gasteiger partial charge is 0.468 e. The van der Waals surface area contributed by atoms with Gasteiger partial charge in [-0.1, -0.05) is 48.9 Å². The van der Waals surface area contributed by atoms with Crippen molar-refractivity contribution < 1.29 is 36.3 Å². The number of carbonyl (C=O) groups excluding carboxylic acids is 3. The van der Waals surface area contributed by atoms with E-state index in [0.717, 1.165) is 12.8 Å². The minimum absolute atomic E-state index is 0.0302. The standard InChI is InChI=1S/C35H41F2N5O6S2/c1-34(14-15-34)50(46,47)41-32(45)35-19-21(35)8-5-3-2-4-6-11-27(38-24-10-7-9-22(36)16-24)31(44)42-20-25(18-28(42)30(43)40-35)48-33-39-26-13-12-23(37)17-29(26)49-33/h5,7-10,12-13,16-17,21,25-29,38H,2-4,6,11,14-15,18-20H2,1H3,(H,40,43)(H,41,45)/b8-5-/t21-,25-,26?,27+,28+,29?,35-/m1/s1. The third-order valence-electron chi connectivity index (χ3n) is 10.5. The third kappa shape index (κ3) is 7.07. The SMILES string of the molecule is CC1(S(=O)(=O)NC(=O)[C@@]23C[C@H]2/C=C\CCCCC[C@H](Nc2cccc(F)c2)C(=O)N2C[C@H](OC4=NC5C=CC(F)=CC5S4)C[C@H]2C(=O)N3)CC1. The minimum atomic E-state index is -3.97. The number of thioether (sulfide) groups is 1. The molecule has 0 aromatic heterocycles. The molecule has 11 nitrogen and oxygen atoms in total. The number of halogens is 2. The summed E-state index contributed by atoms with van der Waals surface area (Å²) >= 11 is 1.26. The molecule has 0 radical (unpaired) electrons. The fraction of sp³-hybridized carbons (Fsp3) is 0.543. The maximum Gasteiger partial charge on any atom is 0.259 e. The van der Waals surface area contributed by atoms with Gasteiger partial charge in [0.2, 0.25) is 27.1 Å². The Labute approximate surface area is 294 Å². The van der Waals surface area contributed by atoms with Gasteiger partial charge in [-0.25, -0.2) is 22.2 Å². The predicted molar refractivity (Wildman–Crippen MR) is 186 cm³/mol. The number of fused-ring (bicyclic) bond motifs is 3.